The number of amides is 2. The lowest BCUT2D eigenvalue weighted by Gasteiger charge is -2.07. The summed E-state index contributed by atoms with van der Waals surface area (Å²) in [6, 6.07) is 7.54. The fraction of sp³-hybridized carbons (Fsp3) is 0.429. The van der Waals surface area contributed by atoms with Crippen LogP contribution in [0.1, 0.15) is 30.7 Å². The molecule has 0 aromatic heterocycles. The lowest BCUT2D eigenvalue weighted by molar-refractivity contribution is -0.137. The van der Waals surface area contributed by atoms with Gasteiger partial charge in [0.25, 0.3) is 0 Å². The molecule has 20 heavy (non-hydrogen) atoms. The number of carbonyl (C=O) groups is 2. The third-order valence-electron chi connectivity index (χ3n) is 3.26. The summed E-state index contributed by atoms with van der Waals surface area (Å²) in [6.45, 7) is 0.371. The van der Waals surface area contributed by atoms with E-state index >= 15 is 0 Å². The van der Waals surface area contributed by atoms with Crippen LogP contribution in [-0.2, 0) is 4.79 Å². The molecule has 0 saturated heterocycles. The Morgan fingerprint density at radius 3 is 2.65 bits per heavy atom. The smallest absolute Gasteiger partial charge is 0.315 e. The molecular formula is C14H17ClN2O3. The van der Waals surface area contributed by atoms with Crippen molar-refractivity contribution in [2.24, 2.45) is 0 Å². The highest BCUT2D eigenvalue weighted by molar-refractivity contribution is 6.30. The number of carbonyl (C=O) groups excluding carboxylic acids is 1. The van der Waals surface area contributed by atoms with Crippen molar-refractivity contribution in [3.05, 3.63) is 34.9 Å². The molecule has 1 aromatic carbocycles. The molecule has 3 N–H and O–H groups in total. The van der Waals surface area contributed by atoms with E-state index in [-0.39, 0.29) is 18.5 Å². The van der Waals surface area contributed by atoms with Crippen molar-refractivity contribution in [3.8, 4) is 0 Å². The standard InChI is InChI=1S/C14H17ClN2O3/c15-10-5-3-9(4-6-10)11-8-12(11)17-14(20)16-7-1-2-13(18)19/h3-6,11-12H,1-2,7-8H2,(H,18,19)(H2,16,17,20)/t11-,12+/m0/s1. The first-order valence-electron chi connectivity index (χ1n) is 6.58. The van der Waals surface area contributed by atoms with Crippen molar-refractivity contribution in [2.75, 3.05) is 6.54 Å². The number of carboxylic acid groups (broad SMARTS) is 1. The Hall–Kier alpha value is -1.75. The normalized spacial score (nSPS) is 20.2. The largest absolute Gasteiger partial charge is 0.481 e. The maximum atomic E-state index is 11.6. The van der Waals surface area contributed by atoms with Gasteiger partial charge in [-0.15, -0.1) is 0 Å². The summed E-state index contributed by atoms with van der Waals surface area (Å²) in [6.07, 6.45) is 1.43. The molecule has 2 amide bonds. The van der Waals surface area contributed by atoms with Crippen molar-refractivity contribution in [3.63, 3.8) is 0 Å². The highest BCUT2D eigenvalue weighted by atomic mass is 35.5. The number of halogens is 1. The quantitative estimate of drug-likeness (QED) is 0.705. The first kappa shape index (κ1) is 14.7. The highest BCUT2D eigenvalue weighted by Crippen LogP contribution is 2.40. The summed E-state index contributed by atoms with van der Waals surface area (Å²) in [4.78, 5) is 21.9. The third-order valence-corrected chi connectivity index (χ3v) is 3.51. The predicted octanol–water partition coefficient (Wildman–Crippen LogP) is 2.36. The SMILES string of the molecule is O=C(O)CCCNC(=O)N[C@@H]1C[C@H]1c1ccc(Cl)cc1. The van der Waals surface area contributed by atoms with Crippen LogP contribution >= 0.6 is 11.6 Å². The molecule has 1 saturated carbocycles. The summed E-state index contributed by atoms with van der Waals surface area (Å²) < 4.78 is 0. The first-order chi connectivity index (χ1) is 9.56. The Bertz CT molecular complexity index is 490. The van der Waals surface area contributed by atoms with Crippen molar-refractivity contribution < 1.29 is 14.7 Å². The van der Waals surface area contributed by atoms with Gasteiger partial charge >= 0.3 is 12.0 Å². The molecule has 1 aromatic rings. The molecule has 0 heterocycles. The lowest BCUT2D eigenvalue weighted by atomic mass is 10.1. The van der Waals surface area contributed by atoms with Crippen LogP contribution < -0.4 is 10.6 Å². The zero-order chi connectivity index (χ0) is 14.5. The Kier molecular flexibility index (Phi) is 4.84. The molecule has 2 rings (SSSR count). The topological polar surface area (TPSA) is 78.4 Å². The number of rotatable bonds is 6. The van der Waals surface area contributed by atoms with Gasteiger partial charge in [0.15, 0.2) is 0 Å². The number of nitrogens with one attached hydrogen (secondary N) is 2. The molecule has 0 spiro atoms. The van der Waals surface area contributed by atoms with Gasteiger partial charge in [0.1, 0.15) is 0 Å². The second-order valence-corrected chi connectivity index (χ2v) is 5.33. The van der Waals surface area contributed by atoms with Gasteiger partial charge in [0.05, 0.1) is 0 Å². The number of benzene rings is 1. The number of hydrogen-bond donors (Lipinski definition) is 3. The third kappa shape index (κ3) is 4.42. The monoisotopic (exact) mass is 296 g/mol. The molecule has 2 atom stereocenters. The summed E-state index contributed by atoms with van der Waals surface area (Å²) in [5, 5.41) is 14.7. The van der Waals surface area contributed by atoms with Crippen LogP contribution in [0.2, 0.25) is 5.02 Å². The number of hydrogen-bond acceptors (Lipinski definition) is 2. The van der Waals surface area contributed by atoms with Crippen LogP contribution in [0.25, 0.3) is 0 Å². The zero-order valence-corrected chi connectivity index (χ0v) is 11.7. The van der Waals surface area contributed by atoms with Crippen molar-refractivity contribution in [2.45, 2.75) is 31.2 Å². The molecule has 5 nitrogen and oxygen atoms in total. The van der Waals surface area contributed by atoms with Gasteiger partial charge in [-0.2, -0.15) is 0 Å². The van der Waals surface area contributed by atoms with Crippen LogP contribution in [0.15, 0.2) is 24.3 Å². The minimum atomic E-state index is -0.850. The zero-order valence-electron chi connectivity index (χ0n) is 10.9. The van der Waals surface area contributed by atoms with Crippen LogP contribution in [-0.4, -0.2) is 29.7 Å². The molecule has 1 fully saturated rings. The summed E-state index contributed by atoms with van der Waals surface area (Å²) >= 11 is 5.83. The van der Waals surface area contributed by atoms with E-state index in [2.05, 4.69) is 10.6 Å². The first-order valence-corrected chi connectivity index (χ1v) is 6.95. The van der Waals surface area contributed by atoms with E-state index in [9.17, 15) is 9.59 Å². The minimum absolute atomic E-state index is 0.0666. The van der Waals surface area contributed by atoms with Gasteiger partial charge in [-0.3, -0.25) is 4.79 Å². The molecule has 0 unspecified atom stereocenters. The lowest BCUT2D eigenvalue weighted by Crippen LogP contribution is -2.37. The number of urea groups is 1. The molecular weight excluding hydrogens is 280 g/mol. The molecule has 6 heteroatoms. The molecule has 108 valence electrons. The van der Waals surface area contributed by atoms with Crippen LogP contribution in [0.3, 0.4) is 0 Å². The van der Waals surface area contributed by atoms with Gasteiger partial charge in [-0.05, 0) is 30.5 Å². The van der Waals surface area contributed by atoms with Gasteiger partial charge in [0, 0.05) is 29.9 Å². The van der Waals surface area contributed by atoms with Crippen molar-refractivity contribution in [1.82, 2.24) is 10.6 Å². The number of aliphatic carboxylic acids is 1. The van der Waals surface area contributed by atoms with Crippen LogP contribution in [0.5, 0.6) is 0 Å². The second kappa shape index (κ2) is 6.61. The fourth-order valence-electron chi connectivity index (χ4n) is 2.09. The van der Waals surface area contributed by atoms with E-state index in [0.29, 0.717) is 23.9 Å². The Balaban J connectivity index is 1.67. The maximum Gasteiger partial charge on any atom is 0.315 e. The van der Waals surface area contributed by atoms with Gasteiger partial charge in [0.2, 0.25) is 0 Å². The molecule has 0 aliphatic heterocycles. The Morgan fingerprint density at radius 1 is 1.30 bits per heavy atom. The second-order valence-electron chi connectivity index (χ2n) is 4.90. The average molecular weight is 297 g/mol. The predicted molar refractivity (Wildman–Crippen MR) is 76.0 cm³/mol. The van der Waals surface area contributed by atoms with E-state index in [1.165, 1.54) is 5.56 Å². The maximum absolute atomic E-state index is 11.6. The number of carboxylic acids is 1. The molecule has 0 radical (unpaired) electrons. The van der Waals surface area contributed by atoms with E-state index in [1.807, 2.05) is 24.3 Å². The summed E-state index contributed by atoms with van der Waals surface area (Å²) in [5.41, 5.74) is 1.17. The van der Waals surface area contributed by atoms with E-state index in [4.69, 9.17) is 16.7 Å². The van der Waals surface area contributed by atoms with Gasteiger partial charge < -0.3 is 15.7 Å². The molecule has 1 aliphatic carbocycles. The van der Waals surface area contributed by atoms with Gasteiger partial charge in [-0.25, -0.2) is 4.79 Å². The Labute approximate surface area is 122 Å². The summed E-state index contributed by atoms with van der Waals surface area (Å²) in [7, 11) is 0. The fourth-order valence-corrected chi connectivity index (χ4v) is 2.22. The van der Waals surface area contributed by atoms with Crippen LogP contribution in [0.4, 0.5) is 4.79 Å². The van der Waals surface area contributed by atoms with Crippen LogP contribution in [0, 0.1) is 0 Å². The van der Waals surface area contributed by atoms with Gasteiger partial charge in [-0.1, -0.05) is 23.7 Å². The minimum Gasteiger partial charge on any atom is -0.481 e. The molecule has 0 bridgehead atoms. The van der Waals surface area contributed by atoms with Crippen molar-refractivity contribution >= 4 is 23.6 Å². The molecule has 1 aliphatic rings. The van der Waals surface area contributed by atoms with E-state index in [1.54, 1.807) is 0 Å². The Morgan fingerprint density at radius 2 is 2.00 bits per heavy atom. The average Bonchev–Trinajstić information content (AvgIpc) is 3.14. The van der Waals surface area contributed by atoms with Crippen molar-refractivity contribution in [1.29, 1.82) is 0 Å². The highest BCUT2D eigenvalue weighted by Gasteiger charge is 2.39. The van der Waals surface area contributed by atoms with E-state index in [0.717, 1.165) is 6.42 Å². The van der Waals surface area contributed by atoms with E-state index < -0.39 is 5.97 Å². The summed E-state index contributed by atoms with van der Waals surface area (Å²) in [5.74, 6) is -0.505.